The molecular weight excluding hydrogens is 572 g/mol. The summed E-state index contributed by atoms with van der Waals surface area (Å²) in [6.07, 6.45) is 0.748. The van der Waals surface area contributed by atoms with E-state index in [4.69, 9.17) is 19.9 Å². The molecule has 3 N–H and O–H groups in total. The van der Waals surface area contributed by atoms with Crippen LogP contribution in [0.1, 0.15) is 40.1 Å². The van der Waals surface area contributed by atoms with Gasteiger partial charge in [0, 0.05) is 10.9 Å². The number of nitrogens with one attached hydrogen (secondary N) is 1. The molecular formula is C31H26N4O5S2. The molecule has 0 bridgehead atoms. The smallest absolute Gasteiger partial charge is 0.275 e. The van der Waals surface area contributed by atoms with Crippen LogP contribution < -0.4 is 15.2 Å². The minimum absolute atomic E-state index is 0.0647. The molecule has 0 aliphatic carbocycles. The third kappa shape index (κ3) is 4.97. The zero-order valence-corrected chi connectivity index (χ0v) is 24.5. The van der Waals surface area contributed by atoms with Crippen LogP contribution in [-0.4, -0.2) is 24.3 Å². The van der Waals surface area contributed by atoms with Gasteiger partial charge in [-0.15, -0.1) is 0 Å². The van der Waals surface area contributed by atoms with E-state index in [-0.39, 0.29) is 21.0 Å². The highest BCUT2D eigenvalue weighted by Crippen LogP contribution is 2.38. The number of nitrogens with two attached hydrogens (primary N) is 1. The zero-order valence-electron chi connectivity index (χ0n) is 22.9. The topological polar surface area (TPSA) is 137 Å². The number of nitrogens with zero attached hydrogens (tertiary/aromatic N) is 2. The Morgan fingerprint density at radius 2 is 1.79 bits per heavy atom. The second-order valence-electron chi connectivity index (χ2n) is 9.83. The summed E-state index contributed by atoms with van der Waals surface area (Å²) in [6, 6.07) is 22.4. The molecule has 9 nitrogen and oxygen atoms in total. The van der Waals surface area contributed by atoms with Crippen molar-refractivity contribution in [2.45, 2.75) is 31.1 Å². The van der Waals surface area contributed by atoms with Crippen LogP contribution in [0.3, 0.4) is 0 Å². The SMILES string of the molecule is Cc1c(-c2cc(C(=O)NS(=O)(=O)c3cnc(N)s3)c3c(OC(C)c4ccccc4)ccc(C)c3n2)oc2ccccc12. The normalized spacial score (nSPS) is 12.5. The molecule has 11 heteroatoms. The number of carbonyl (C=O) groups is 1. The number of fused-ring (bicyclic) bond motifs is 2. The molecule has 0 fully saturated rings. The number of anilines is 1. The van der Waals surface area contributed by atoms with Crippen molar-refractivity contribution in [1.29, 1.82) is 0 Å². The van der Waals surface area contributed by atoms with Gasteiger partial charge in [0.25, 0.3) is 15.9 Å². The summed E-state index contributed by atoms with van der Waals surface area (Å²) in [5, 5.41) is 1.36. The van der Waals surface area contributed by atoms with Crippen molar-refractivity contribution in [2.75, 3.05) is 5.73 Å². The van der Waals surface area contributed by atoms with E-state index in [9.17, 15) is 13.2 Å². The molecule has 0 aliphatic rings. The van der Waals surface area contributed by atoms with E-state index < -0.39 is 15.9 Å². The number of benzene rings is 3. The maximum Gasteiger partial charge on any atom is 0.275 e. The number of rotatable bonds is 7. The predicted octanol–water partition coefficient (Wildman–Crippen LogP) is 6.56. The Morgan fingerprint density at radius 1 is 1.05 bits per heavy atom. The largest absolute Gasteiger partial charge is 0.485 e. The van der Waals surface area contributed by atoms with Crippen molar-refractivity contribution in [1.82, 2.24) is 14.7 Å². The fraction of sp³-hybridized carbons (Fsp3) is 0.129. The van der Waals surface area contributed by atoms with E-state index >= 15 is 0 Å². The van der Waals surface area contributed by atoms with Gasteiger partial charge in [-0.3, -0.25) is 4.79 Å². The summed E-state index contributed by atoms with van der Waals surface area (Å²) in [6.45, 7) is 5.69. The molecule has 0 radical (unpaired) electrons. The number of aromatic nitrogens is 2. The van der Waals surface area contributed by atoms with Crippen LogP contribution in [0.15, 0.2) is 87.6 Å². The molecule has 1 unspecified atom stereocenters. The van der Waals surface area contributed by atoms with Crippen molar-refractivity contribution in [2.24, 2.45) is 0 Å². The van der Waals surface area contributed by atoms with Gasteiger partial charge in [-0.25, -0.2) is 23.1 Å². The van der Waals surface area contributed by atoms with Gasteiger partial charge in [0.05, 0.1) is 22.7 Å². The van der Waals surface area contributed by atoms with Gasteiger partial charge in [-0.1, -0.05) is 65.9 Å². The van der Waals surface area contributed by atoms with Crippen LogP contribution in [0.25, 0.3) is 33.3 Å². The number of amides is 1. The number of hydrogen-bond acceptors (Lipinski definition) is 9. The molecule has 6 aromatic rings. The standard InChI is InChI=1S/C31H26N4O5S2/c1-17-13-14-25(39-19(3)20-9-5-4-6-10-20)27-22(30(36)35-42(37,38)26-16-33-31(32)41-26)15-23(34-28(17)27)29-18(2)21-11-7-8-12-24(21)40-29/h4-16,19H,1-3H3,(H2,32,33)(H,35,36). The first-order valence-electron chi connectivity index (χ1n) is 13.1. The molecule has 0 saturated carbocycles. The molecule has 3 aromatic carbocycles. The fourth-order valence-corrected chi connectivity index (χ4v) is 6.74. The lowest BCUT2D eigenvalue weighted by Gasteiger charge is -2.19. The number of thiazole rings is 1. The minimum atomic E-state index is -4.26. The molecule has 1 atom stereocenters. The van der Waals surface area contributed by atoms with Crippen LogP contribution in [0.4, 0.5) is 5.13 Å². The van der Waals surface area contributed by atoms with E-state index in [2.05, 4.69) is 9.71 Å². The van der Waals surface area contributed by atoms with Gasteiger partial charge in [-0.2, -0.15) is 0 Å². The minimum Gasteiger partial charge on any atom is -0.485 e. The highest BCUT2D eigenvalue weighted by molar-refractivity contribution is 7.92. The number of carbonyl (C=O) groups excluding carboxylic acids is 1. The van der Waals surface area contributed by atoms with Gasteiger partial charge < -0.3 is 14.9 Å². The molecule has 1 amide bonds. The number of furan rings is 1. The van der Waals surface area contributed by atoms with Gasteiger partial charge in [-0.05, 0) is 50.1 Å². The third-order valence-electron chi connectivity index (χ3n) is 7.01. The maximum absolute atomic E-state index is 13.9. The Labute approximate surface area is 246 Å². The number of nitrogen functional groups attached to an aromatic ring is 1. The molecule has 3 heterocycles. The number of sulfonamides is 1. The first kappa shape index (κ1) is 27.4. The Bertz CT molecular complexity index is 2090. The van der Waals surface area contributed by atoms with E-state index in [0.29, 0.717) is 33.7 Å². The Hall–Kier alpha value is -4.74. The van der Waals surface area contributed by atoms with Gasteiger partial charge in [0.15, 0.2) is 15.1 Å². The quantitative estimate of drug-likeness (QED) is 0.211. The number of aryl methyl sites for hydroxylation is 2. The Balaban J connectivity index is 1.54. The van der Waals surface area contributed by atoms with E-state index in [0.717, 1.165) is 39.6 Å². The van der Waals surface area contributed by atoms with E-state index in [1.54, 1.807) is 12.1 Å². The van der Waals surface area contributed by atoms with Crippen LogP contribution in [0.2, 0.25) is 0 Å². The molecule has 42 heavy (non-hydrogen) atoms. The summed E-state index contributed by atoms with van der Waals surface area (Å²) in [4.78, 5) is 22.6. The summed E-state index contributed by atoms with van der Waals surface area (Å²) >= 11 is 0.763. The first-order valence-corrected chi connectivity index (χ1v) is 15.4. The summed E-state index contributed by atoms with van der Waals surface area (Å²) in [5.41, 5.74) is 9.81. The maximum atomic E-state index is 13.9. The number of pyridine rings is 1. The zero-order chi connectivity index (χ0) is 29.6. The summed E-state index contributed by atoms with van der Waals surface area (Å²) < 4.78 is 40.8. The van der Waals surface area contributed by atoms with Crippen LogP contribution >= 0.6 is 11.3 Å². The van der Waals surface area contributed by atoms with Crippen molar-refractivity contribution in [3.05, 3.63) is 101 Å². The Kier molecular flexibility index (Phi) is 6.91. The monoisotopic (exact) mass is 598 g/mol. The lowest BCUT2D eigenvalue weighted by Crippen LogP contribution is -2.30. The van der Waals surface area contributed by atoms with Crippen LogP contribution in [0, 0.1) is 13.8 Å². The van der Waals surface area contributed by atoms with Crippen LogP contribution in [-0.2, 0) is 10.0 Å². The van der Waals surface area contributed by atoms with Gasteiger partial charge in [0.1, 0.15) is 23.1 Å². The van der Waals surface area contributed by atoms with Crippen molar-refractivity contribution in [3.8, 4) is 17.2 Å². The highest BCUT2D eigenvalue weighted by atomic mass is 32.2. The third-order valence-corrected chi connectivity index (χ3v) is 9.63. The highest BCUT2D eigenvalue weighted by Gasteiger charge is 2.27. The van der Waals surface area contributed by atoms with E-state index in [1.165, 1.54) is 0 Å². The lowest BCUT2D eigenvalue weighted by atomic mass is 10.0. The molecule has 3 aromatic heterocycles. The van der Waals surface area contributed by atoms with E-state index in [1.807, 2.05) is 81.4 Å². The van der Waals surface area contributed by atoms with Crippen molar-refractivity contribution >= 4 is 54.3 Å². The molecule has 0 spiro atoms. The Morgan fingerprint density at radius 3 is 2.50 bits per heavy atom. The second kappa shape index (κ2) is 10.6. The van der Waals surface area contributed by atoms with Gasteiger partial charge >= 0.3 is 0 Å². The fourth-order valence-electron chi connectivity index (χ4n) is 4.86. The first-order chi connectivity index (χ1) is 20.1. The summed E-state index contributed by atoms with van der Waals surface area (Å²) in [7, 11) is -4.26. The van der Waals surface area contributed by atoms with Gasteiger partial charge in [0.2, 0.25) is 0 Å². The molecule has 0 saturated heterocycles. The number of ether oxygens (including phenoxy) is 1. The summed E-state index contributed by atoms with van der Waals surface area (Å²) in [5.74, 6) is 0.0118. The number of para-hydroxylation sites is 1. The van der Waals surface area contributed by atoms with Crippen molar-refractivity contribution in [3.63, 3.8) is 0 Å². The van der Waals surface area contributed by atoms with Crippen LogP contribution in [0.5, 0.6) is 5.75 Å². The average Bonchev–Trinajstić information content (AvgIpc) is 3.58. The lowest BCUT2D eigenvalue weighted by molar-refractivity contribution is 0.0982. The molecule has 6 rings (SSSR count). The molecule has 0 aliphatic heterocycles. The number of hydrogen-bond donors (Lipinski definition) is 2. The average molecular weight is 599 g/mol. The predicted molar refractivity (Wildman–Crippen MR) is 163 cm³/mol. The molecule has 212 valence electrons. The second-order valence-corrected chi connectivity index (χ2v) is 12.8. The van der Waals surface area contributed by atoms with Crippen molar-refractivity contribution < 1.29 is 22.4 Å².